The molecular formula is C10H17N3O3S. The molecule has 96 valence electrons. The van der Waals surface area contributed by atoms with E-state index in [0.29, 0.717) is 13.1 Å². The third-order valence-corrected chi connectivity index (χ3v) is 4.04. The molecule has 0 aliphatic rings. The number of nitrogens with zero attached hydrogens (tertiary/aromatic N) is 2. The molecule has 1 aromatic rings. The summed E-state index contributed by atoms with van der Waals surface area (Å²) < 4.78 is 24.0. The summed E-state index contributed by atoms with van der Waals surface area (Å²) in [6.45, 7) is 0.840. The van der Waals surface area contributed by atoms with E-state index in [2.05, 4.69) is 10.3 Å². The van der Waals surface area contributed by atoms with E-state index in [1.165, 1.54) is 24.6 Å². The van der Waals surface area contributed by atoms with E-state index >= 15 is 0 Å². The van der Waals surface area contributed by atoms with Gasteiger partial charge in [0.1, 0.15) is 5.75 Å². The van der Waals surface area contributed by atoms with Crippen LogP contribution in [0.25, 0.3) is 0 Å². The minimum atomic E-state index is -3.15. The lowest BCUT2D eigenvalue weighted by Gasteiger charge is -2.11. The molecule has 0 saturated carbocycles. The van der Waals surface area contributed by atoms with Gasteiger partial charge in [0.05, 0.1) is 17.6 Å². The zero-order valence-electron chi connectivity index (χ0n) is 9.92. The second-order valence-electron chi connectivity index (χ2n) is 3.78. The van der Waals surface area contributed by atoms with Crippen molar-refractivity contribution in [3.05, 3.63) is 24.0 Å². The molecule has 0 unspecified atom stereocenters. The fraction of sp³-hybridized carbons (Fsp3) is 0.500. The molecule has 0 amide bonds. The van der Waals surface area contributed by atoms with Crippen molar-refractivity contribution in [3.63, 3.8) is 0 Å². The maximum atomic E-state index is 11.4. The number of sulfonamides is 1. The Labute approximate surface area is 101 Å². The molecule has 0 atom stereocenters. The van der Waals surface area contributed by atoms with Crippen LogP contribution >= 0.6 is 0 Å². The molecule has 17 heavy (non-hydrogen) atoms. The lowest BCUT2D eigenvalue weighted by molar-refractivity contribution is 0.472. The first-order valence-corrected chi connectivity index (χ1v) is 6.77. The summed E-state index contributed by atoms with van der Waals surface area (Å²) in [5.74, 6) is 0.168. The van der Waals surface area contributed by atoms with Gasteiger partial charge in [-0.2, -0.15) is 0 Å². The van der Waals surface area contributed by atoms with Gasteiger partial charge in [-0.15, -0.1) is 0 Å². The smallest absolute Gasteiger partial charge is 0.214 e. The fourth-order valence-corrected chi connectivity index (χ4v) is 1.89. The molecule has 6 nitrogen and oxygen atoms in total. The van der Waals surface area contributed by atoms with Crippen LogP contribution in [-0.4, -0.2) is 49.2 Å². The minimum absolute atomic E-state index is 0.0537. The number of rotatable bonds is 6. The first kappa shape index (κ1) is 13.9. The summed E-state index contributed by atoms with van der Waals surface area (Å²) in [5, 5.41) is 12.0. The van der Waals surface area contributed by atoms with Crippen LogP contribution in [0.15, 0.2) is 18.3 Å². The highest BCUT2D eigenvalue weighted by Crippen LogP contribution is 2.05. The van der Waals surface area contributed by atoms with E-state index in [0.717, 1.165) is 5.69 Å². The SMILES string of the molecule is CN(C)S(=O)(=O)CCNCc1ccc(O)cn1. The van der Waals surface area contributed by atoms with E-state index in [9.17, 15) is 8.42 Å². The van der Waals surface area contributed by atoms with Gasteiger partial charge >= 0.3 is 0 Å². The number of aromatic nitrogens is 1. The van der Waals surface area contributed by atoms with E-state index in [4.69, 9.17) is 5.11 Å². The van der Waals surface area contributed by atoms with E-state index in [1.54, 1.807) is 12.1 Å². The molecule has 0 aliphatic carbocycles. The summed E-state index contributed by atoms with van der Waals surface area (Å²) in [7, 11) is -0.127. The zero-order chi connectivity index (χ0) is 12.9. The van der Waals surface area contributed by atoms with Gasteiger partial charge in [-0.1, -0.05) is 0 Å². The molecule has 2 N–H and O–H groups in total. The number of aromatic hydroxyl groups is 1. The molecule has 0 aliphatic heterocycles. The molecule has 0 aromatic carbocycles. The van der Waals surface area contributed by atoms with Crippen molar-refractivity contribution in [3.8, 4) is 5.75 Å². The van der Waals surface area contributed by atoms with Crippen molar-refractivity contribution in [2.24, 2.45) is 0 Å². The molecule has 7 heteroatoms. The van der Waals surface area contributed by atoms with Gasteiger partial charge in [-0.25, -0.2) is 12.7 Å². The van der Waals surface area contributed by atoms with Crippen LogP contribution in [0.1, 0.15) is 5.69 Å². The Morgan fingerprint density at radius 3 is 2.65 bits per heavy atom. The Morgan fingerprint density at radius 2 is 2.12 bits per heavy atom. The number of hydrogen-bond acceptors (Lipinski definition) is 5. The van der Waals surface area contributed by atoms with Gasteiger partial charge < -0.3 is 10.4 Å². The summed E-state index contributed by atoms with van der Waals surface area (Å²) in [6.07, 6.45) is 1.35. The molecule has 0 radical (unpaired) electrons. The second-order valence-corrected chi connectivity index (χ2v) is 6.09. The van der Waals surface area contributed by atoms with Gasteiger partial charge in [-0.3, -0.25) is 4.98 Å². The van der Waals surface area contributed by atoms with E-state index in [-0.39, 0.29) is 11.5 Å². The first-order valence-electron chi connectivity index (χ1n) is 5.16. The summed E-state index contributed by atoms with van der Waals surface area (Å²) in [4.78, 5) is 3.98. The quantitative estimate of drug-likeness (QED) is 0.689. The second kappa shape index (κ2) is 5.95. The molecule has 0 bridgehead atoms. The van der Waals surface area contributed by atoms with Crippen molar-refractivity contribution in [2.75, 3.05) is 26.4 Å². The highest BCUT2D eigenvalue weighted by Gasteiger charge is 2.12. The van der Waals surface area contributed by atoms with Crippen molar-refractivity contribution in [1.29, 1.82) is 0 Å². The molecule has 1 aromatic heterocycles. The van der Waals surface area contributed by atoms with Crippen LogP contribution in [0.3, 0.4) is 0 Å². The Hall–Kier alpha value is -1.18. The standard InChI is InChI=1S/C10H17N3O3S/c1-13(2)17(15,16)6-5-11-7-9-3-4-10(14)8-12-9/h3-4,8,11,14H,5-7H2,1-2H3. The van der Waals surface area contributed by atoms with Gasteiger partial charge in [0.25, 0.3) is 0 Å². The fourth-order valence-electron chi connectivity index (χ4n) is 1.12. The molecule has 0 saturated heterocycles. The Balaban J connectivity index is 2.32. The van der Waals surface area contributed by atoms with Crippen LogP contribution in [0.5, 0.6) is 5.75 Å². The number of pyridine rings is 1. The minimum Gasteiger partial charge on any atom is -0.506 e. The summed E-state index contributed by atoms with van der Waals surface area (Å²) in [5.41, 5.74) is 0.755. The number of hydrogen-bond donors (Lipinski definition) is 2. The Morgan fingerprint density at radius 1 is 1.41 bits per heavy atom. The van der Waals surface area contributed by atoms with E-state index < -0.39 is 10.0 Å². The average molecular weight is 259 g/mol. The Kier molecular flexibility index (Phi) is 4.86. The predicted molar refractivity (Wildman–Crippen MR) is 65.1 cm³/mol. The normalized spacial score (nSPS) is 11.9. The van der Waals surface area contributed by atoms with Crippen LogP contribution < -0.4 is 5.32 Å². The van der Waals surface area contributed by atoms with Crippen molar-refractivity contribution in [2.45, 2.75) is 6.54 Å². The summed E-state index contributed by atoms with van der Waals surface area (Å²) >= 11 is 0. The van der Waals surface area contributed by atoms with Crippen molar-refractivity contribution >= 4 is 10.0 Å². The predicted octanol–water partition coefficient (Wildman–Crippen LogP) is -0.232. The molecular weight excluding hydrogens is 242 g/mol. The lowest BCUT2D eigenvalue weighted by Crippen LogP contribution is -2.31. The van der Waals surface area contributed by atoms with Gasteiger partial charge in [0.2, 0.25) is 10.0 Å². The first-order chi connectivity index (χ1) is 7.92. The third-order valence-electron chi connectivity index (χ3n) is 2.21. The van der Waals surface area contributed by atoms with Gasteiger partial charge in [-0.05, 0) is 12.1 Å². The maximum absolute atomic E-state index is 11.4. The topological polar surface area (TPSA) is 82.5 Å². The molecule has 1 rings (SSSR count). The van der Waals surface area contributed by atoms with Crippen LogP contribution in [-0.2, 0) is 16.6 Å². The highest BCUT2D eigenvalue weighted by atomic mass is 32.2. The van der Waals surface area contributed by atoms with Gasteiger partial charge in [0.15, 0.2) is 0 Å². The highest BCUT2D eigenvalue weighted by molar-refractivity contribution is 7.89. The van der Waals surface area contributed by atoms with Crippen LogP contribution in [0, 0.1) is 0 Å². The molecule has 0 fully saturated rings. The largest absolute Gasteiger partial charge is 0.506 e. The molecule has 1 heterocycles. The number of nitrogens with one attached hydrogen (secondary N) is 1. The van der Waals surface area contributed by atoms with Crippen LogP contribution in [0.4, 0.5) is 0 Å². The van der Waals surface area contributed by atoms with Crippen molar-refractivity contribution < 1.29 is 13.5 Å². The van der Waals surface area contributed by atoms with Gasteiger partial charge in [0, 0.05) is 27.2 Å². The third kappa shape index (κ3) is 4.68. The maximum Gasteiger partial charge on any atom is 0.214 e. The lowest BCUT2D eigenvalue weighted by atomic mass is 10.3. The monoisotopic (exact) mass is 259 g/mol. The van der Waals surface area contributed by atoms with Crippen molar-refractivity contribution in [1.82, 2.24) is 14.6 Å². The zero-order valence-corrected chi connectivity index (χ0v) is 10.7. The van der Waals surface area contributed by atoms with E-state index in [1.807, 2.05) is 0 Å². The Bertz CT molecular complexity index is 442. The summed E-state index contributed by atoms with van der Waals surface area (Å²) in [6, 6.07) is 3.23. The van der Waals surface area contributed by atoms with Crippen LogP contribution in [0.2, 0.25) is 0 Å². The molecule has 0 spiro atoms. The average Bonchev–Trinajstić information content (AvgIpc) is 2.26.